The predicted octanol–water partition coefficient (Wildman–Crippen LogP) is 5.91. The van der Waals surface area contributed by atoms with E-state index in [0.717, 1.165) is 17.7 Å². The molecule has 40 heavy (non-hydrogen) atoms. The summed E-state index contributed by atoms with van der Waals surface area (Å²) in [7, 11) is 6.05. The second-order valence-electron chi connectivity index (χ2n) is 8.70. The highest BCUT2D eigenvalue weighted by molar-refractivity contribution is 5.99. The van der Waals surface area contributed by atoms with Gasteiger partial charge in [-0.15, -0.1) is 0 Å². The molecule has 0 saturated heterocycles. The molecule has 0 fully saturated rings. The number of nitrogens with one attached hydrogen (secondary N) is 1. The van der Waals surface area contributed by atoms with Crippen LogP contribution in [-0.2, 0) is 6.54 Å². The van der Waals surface area contributed by atoms with E-state index in [1.165, 1.54) is 26.4 Å². The number of rotatable bonds is 9. The van der Waals surface area contributed by atoms with Crippen LogP contribution in [0.3, 0.4) is 0 Å². The van der Waals surface area contributed by atoms with Crippen molar-refractivity contribution < 1.29 is 32.8 Å². The summed E-state index contributed by atoms with van der Waals surface area (Å²) in [6, 6.07) is 13.7. The number of hydrogen-bond donors (Lipinski definition) is 2. The summed E-state index contributed by atoms with van der Waals surface area (Å²) < 4.78 is 52.4. The smallest absolute Gasteiger partial charge is 0.258 e. The second kappa shape index (κ2) is 11.0. The predicted molar refractivity (Wildman–Crippen MR) is 146 cm³/mol. The van der Waals surface area contributed by atoms with Crippen molar-refractivity contribution in [2.75, 3.05) is 33.8 Å². The van der Waals surface area contributed by atoms with E-state index >= 15 is 0 Å². The van der Waals surface area contributed by atoms with Crippen molar-refractivity contribution in [1.82, 2.24) is 14.5 Å². The normalized spacial score (nSPS) is 10.9. The zero-order valence-electron chi connectivity index (χ0n) is 22.2. The summed E-state index contributed by atoms with van der Waals surface area (Å²) in [6.45, 7) is 0.215. The van der Waals surface area contributed by atoms with E-state index in [2.05, 4.69) is 15.3 Å². The monoisotopic (exact) mass is 548 g/mol. The molecule has 0 amide bonds. The molecule has 2 N–H and O–H groups in total. The molecule has 0 bridgehead atoms. The largest absolute Gasteiger partial charge is 0.497 e. The lowest BCUT2D eigenvalue weighted by Crippen LogP contribution is -2.01. The van der Waals surface area contributed by atoms with Gasteiger partial charge in [0.1, 0.15) is 29.0 Å². The van der Waals surface area contributed by atoms with E-state index in [4.69, 9.17) is 18.9 Å². The van der Waals surface area contributed by atoms with Crippen molar-refractivity contribution in [3.05, 3.63) is 78.0 Å². The lowest BCUT2D eigenvalue weighted by atomic mass is 10.1. The molecule has 0 radical (unpaired) electrons. The molecule has 5 rings (SSSR count). The quantitative estimate of drug-likeness (QED) is 0.235. The van der Waals surface area contributed by atoms with Crippen LogP contribution in [0.2, 0.25) is 0 Å². The number of aromatic hydroxyl groups is 1. The summed E-state index contributed by atoms with van der Waals surface area (Å²) in [5.41, 5.74) is 1.12. The lowest BCUT2D eigenvalue weighted by Gasteiger charge is -2.13. The number of methoxy groups -OCH3 is 4. The van der Waals surface area contributed by atoms with Gasteiger partial charge in [0.05, 0.1) is 62.8 Å². The van der Waals surface area contributed by atoms with E-state index in [1.54, 1.807) is 49.2 Å². The third-order valence-corrected chi connectivity index (χ3v) is 6.38. The van der Waals surface area contributed by atoms with Crippen LogP contribution in [0.15, 0.2) is 60.8 Å². The first kappa shape index (κ1) is 26.5. The molecule has 206 valence electrons. The number of halogens is 2. The molecule has 0 aliphatic rings. The Morgan fingerprint density at radius 2 is 1.60 bits per heavy atom. The molecule has 0 aliphatic heterocycles. The summed E-state index contributed by atoms with van der Waals surface area (Å²) in [5.74, 6) is 0.512. The van der Waals surface area contributed by atoms with Crippen LogP contribution in [0, 0.1) is 11.6 Å². The van der Waals surface area contributed by atoms with Gasteiger partial charge in [-0.2, -0.15) is 4.98 Å². The number of benzene rings is 2. The molecule has 0 unspecified atom stereocenters. The first-order chi connectivity index (χ1) is 19.4. The zero-order chi connectivity index (χ0) is 28.4. The van der Waals surface area contributed by atoms with Gasteiger partial charge < -0.3 is 33.9 Å². The molecule has 11 heteroatoms. The Labute approximate surface area is 228 Å². The van der Waals surface area contributed by atoms with E-state index in [9.17, 15) is 13.9 Å². The van der Waals surface area contributed by atoms with Crippen LogP contribution in [0.1, 0.15) is 5.56 Å². The number of ether oxygens (including phenoxy) is 4. The third-order valence-electron chi connectivity index (χ3n) is 6.38. The average Bonchev–Trinajstić information content (AvgIpc) is 3.27. The van der Waals surface area contributed by atoms with Gasteiger partial charge >= 0.3 is 0 Å². The number of hydrogen-bond acceptors (Lipinski definition) is 8. The molecule has 3 heterocycles. The van der Waals surface area contributed by atoms with Gasteiger partial charge in [0.25, 0.3) is 5.88 Å². The highest BCUT2D eigenvalue weighted by Crippen LogP contribution is 2.39. The maximum atomic E-state index is 14.8. The van der Waals surface area contributed by atoms with Crippen LogP contribution in [0.25, 0.3) is 22.2 Å². The van der Waals surface area contributed by atoms with Crippen molar-refractivity contribution in [3.8, 4) is 40.3 Å². The Kier molecular flexibility index (Phi) is 7.28. The van der Waals surface area contributed by atoms with Crippen LogP contribution < -0.4 is 24.3 Å². The van der Waals surface area contributed by atoms with Crippen molar-refractivity contribution in [3.63, 3.8) is 0 Å². The van der Waals surface area contributed by atoms with Gasteiger partial charge in [-0.1, -0.05) is 6.07 Å². The maximum absolute atomic E-state index is 14.8. The Bertz CT molecular complexity index is 1690. The summed E-state index contributed by atoms with van der Waals surface area (Å²) >= 11 is 0. The molecule has 0 spiro atoms. The van der Waals surface area contributed by atoms with Crippen LogP contribution >= 0.6 is 0 Å². The number of aromatic nitrogens is 3. The second-order valence-corrected chi connectivity index (χ2v) is 8.70. The summed E-state index contributed by atoms with van der Waals surface area (Å²) in [5, 5.41) is 14.8. The van der Waals surface area contributed by atoms with Gasteiger partial charge in [-0.25, -0.2) is 13.8 Å². The molecule has 0 atom stereocenters. The average molecular weight is 549 g/mol. The highest BCUT2D eigenvalue weighted by Gasteiger charge is 2.21. The summed E-state index contributed by atoms with van der Waals surface area (Å²) in [6.07, 6.45) is 1.60. The van der Waals surface area contributed by atoms with Crippen molar-refractivity contribution in [1.29, 1.82) is 0 Å². The third kappa shape index (κ3) is 4.89. The fourth-order valence-electron chi connectivity index (χ4n) is 4.44. The van der Waals surface area contributed by atoms with Crippen molar-refractivity contribution >= 4 is 22.4 Å². The molecule has 3 aromatic heterocycles. The van der Waals surface area contributed by atoms with Crippen LogP contribution in [0.4, 0.5) is 20.3 Å². The first-order valence-electron chi connectivity index (χ1n) is 12.1. The summed E-state index contributed by atoms with van der Waals surface area (Å²) in [4.78, 5) is 8.91. The zero-order valence-corrected chi connectivity index (χ0v) is 22.2. The molecular formula is C29H26F2N4O5. The van der Waals surface area contributed by atoms with Crippen molar-refractivity contribution in [2.24, 2.45) is 0 Å². The van der Waals surface area contributed by atoms with Gasteiger partial charge in [-0.05, 0) is 42.5 Å². The van der Waals surface area contributed by atoms with E-state index in [0.29, 0.717) is 39.7 Å². The lowest BCUT2D eigenvalue weighted by molar-refractivity contribution is 0.343. The number of fused-ring (bicyclic) bond motifs is 1. The Balaban J connectivity index is 1.67. The number of anilines is 2. The van der Waals surface area contributed by atoms with Crippen molar-refractivity contribution in [2.45, 2.75) is 6.54 Å². The fraction of sp³-hybridized carbons (Fsp3) is 0.172. The minimum absolute atomic E-state index is 0.0326. The highest BCUT2D eigenvalue weighted by atomic mass is 19.1. The fourth-order valence-corrected chi connectivity index (χ4v) is 4.44. The minimum Gasteiger partial charge on any atom is -0.497 e. The Hall–Kier alpha value is -5.06. The van der Waals surface area contributed by atoms with E-state index < -0.39 is 11.6 Å². The topological polar surface area (TPSA) is 99.9 Å². The first-order valence-corrected chi connectivity index (χ1v) is 12.1. The molecule has 9 nitrogen and oxygen atoms in total. The van der Waals surface area contributed by atoms with E-state index in [-0.39, 0.29) is 29.6 Å². The Morgan fingerprint density at radius 1 is 0.850 bits per heavy atom. The molecule has 2 aromatic carbocycles. The molecular weight excluding hydrogens is 522 g/mol. The minimum atomic E-state index is -0.770. The van der Waals surface area contributed by atoms with E-state index in [1.807, 2.05) is 6.07 Å². The number of nitrogens with zero attached hydrogens (tertiary/aromatic N) is 3. The Morgan fingerprint density at radius 3 is 2.27 bits per heavy atom. The SMILES string of the molecule is COc1ccc(Cn2cc3nc(-c4c(F)cccc4F)cc(Nc4ccc(OC)c(OC)n4)c3c2O)c(OC)c1. The van der Waals surface area contributed by atoms with Gasteiger partial charge in [-0.3, -0.25) is 0 Å². The maximum Gasteiger partial charge on any atom is 0.258 e. The standard InChI is InChI=1S/C29H26F2N4O5/c1-37-17-9-8-16(24(12-17)39-3)14-35-15-22-27(29(35)36)21(33-25-11-10-23(38-2)28(34-25)40-4)13-20(32-22)26-18(30)6-5-7-19(26)31/h5-13,15,36H,14H2,1-4H3,(H,33,34). The molecule has 5 aromatic rings. The molecule has 0 saturated carbocycles. The van der Waals surface area contributed by atoms with Gasteiger partial charge in [0, 0.05) is 17.8 Å². The molecule has 0 aliphatic carbocycles. The van der Waals surface area contributed by atoms with Crippen LogP contribution in [-0.4, -0.2) is 48.1 Å². The van der Waals surface area contributed by atoms with Crippen LogP contribution in [0.5, 0.6) is 29.0 Å². The van der Waals surface area contributed by atoms with Gasteiger partial charge in [0.2, 0.25) is 5.88 Å². The number of pyridine rings is 2. The van der Waals surface area contributed by atoms with Gasteiger partial charge in [0.15, 0.2) is 5.75 Å².